The summed E-state index contributed by atoms with van der Waals surface area (Å²) < 4.78 is 1.21. The number of rotatable bonds is 1. The Kier molecular flexibility index (Phi) is 2.54. The molecule has 0 amide bonds. The second kappa shape index (κ2) is 3.06. The van der Waals surface area contributed by atoms with Crippen LogP contribution in [0.1, 0.15) is 9.67 Å². The maximum absolute atomic E-state index is 10.4. The number of carbonyl (C=O) groups is 1. The molecule has 1 aromatic rings. The predicted molar refractivity (Wildman–Crippen MR) is 49.0 cm³/mol. The Hall–Kier alpha value is 0.190. The smallest absolute Gasteiger partial charge is 0.347 e. The number of carboxylic acid groups (broad SMARTS) is 1. The van der Waals surface area contributed by atoms with E-state index in [4.69, 9.17) is 16.7 Å². The van der Waals surface area contributed by atoms with Gasteiger partial charge in [-0.15, -0.1) is 11.3 Å². The van der Waals surface area contributed by atoms with Crippen LogP contribution in [0.25, 0.3) is 0 Å². The van der Waals surface area contributed by atoms with E-state index in [1.807, 2.05) is 22.6 Å². The molecule has 0 bridgehead atoms. The van der Waals surface area contributed by atoms with Crippen molar-refractivity contribution in [1.82, 2.24) is 0 Å². The molecular weight excluding hydrogens is 286 g/mol. The normalized spacial score (nSPS) is 9.80. The highest BCUT2D eigenvalue weighted by Gasteiger charge is 2.11. The quantitative estimate of drug-likeness (QED) is 0.807. The number of hydrogen-bond donors (Lipinski definition) is 1. The molecule has 5 heteroatoms. The Morgan fingerprint density at radius 1 is 1.80 bits per heavy atom. The molecule has 0 radical (unpaired) electrons. The number of halogens is 2. The van der Waals surface area contributed by atoms with Crippen molar-refractivity contribution in [3.05, 3.63) is 18.9 Å². The average molecular weight is 288 g/mol. The van der Waals surface area contributed by atoms with E-state index in [1.165, 1.54) is 0 Å². The van der Waals surface area contributed by atoms with Crippen LogP contribution in [0.3, 0.4) is 0 Å². The molecule has 0 aromatic carbocycles. The third kappa shape index (κ3) is 1.62. The molecule has 0 unspecified atom stereocenters. The van der Waals surface area contributed by atoms with Gasteiger partial charge < -0.3 is 5.11 Å². The maximum atomic E-state index is 10.4. The highest BCUT2D eigenvalue weighted by Crippen LogP contribution is 2.27. The fourth-order valence-corrected chi connectivity index (χ4v) is 2.71. The van der Waals surface area contributed by atoms with E-state index in [2.05, 4.69) is 0 Å². The highest BCUT2D eigenvalue weighted by molar-refractivity contribution is 14.1. The van der Waals surface area contributed by atoms with Gasteiger partial charge in [0.25, 0.3) is 0 Å². The first-order chi connectivity index (χ1) is 4.61. The third-order valence-electron chi connectivity index (χ3n) is 0.851. The van der Waals surface area contributed by atoms with Crippen LogP contribution in [0.4, 0.5) is 0 Å². The number of carboxylic acids is 1. The fourth-order valence-electron chi connectivity index (χ4n) is 0.487. The van der Waals surface area contributed by atoms with Gasteiger partial charge in [0.05, 0.1) is 4.34 Å². The van der Waals surface area contributed by atoms with Crippen molar-refractivity contribution in [1.29, 1.82) is 0 Å². The lowest BCUT2D eigenvalue weighted by Crippen LogP contribution is -1.92. The Morgan fingerprint density at radius 2 is 2.40 bits per heavy atom. The van der Waals surface area contributed by atoms with E-state index in [0.29, 0.717) is 12.8 Å². The summed E-state index contributed by atoms with van der Waals surface area (Å²) in [6.07, 6.45) is 0. The van der Waals surface area contributed by atoms with Crippen molar-refractivity contribution < 1.29 is 9.90 Å². The minimum Gasteiger partial charge on any atom is -0.477 e. The summed E-state index contributed by atoms with van der Waals surface area (Å²) in [5, 5.41) is 8.53. The van der Waals surface area contributed by atoms with Crippen molar-refractivity contribution in [3.63, 3.8) is 0 Å². The van der Waals surface area contributed by atoms with Crippen molar-refractivity contribution in [3.8, 4) is 0 Å². The minimum atomic E-state index is -0.915. The lowest BCUT2D eigenvalue weighted by atomic mass is 10.5. The Balaban J connectivity index is 3.15. The largest absolute Gasteiger partial charge is 0.477 e. The van der Waals surface area contributed by atoms with Gasteiger partial charge in [0.15, 0.2) is 0 Å². The molecule has 0 saturated heterocycles. The summed E-state index contributed by atoms with van der Waals surface area (Å²) in [5.41, 5.74) is 0. The second-order valence-electron chi connectivity index (χ2n) is 1.53. The Morgan fingerprint density at radius 3 is 2.60 bits per heavy atom. The van der Waals surface area contributed by atoms with Crippen LogP contribution in [0, 0.1) is 3.57 Å². The summed E-state index contributed by atoms with van der Waals surface area (Å²) in [7, 11) is 0. The predicted octanol–water partition coefficient (Wildman–Crippen LogP) is 2.70. The third-order valence-corrected chi connectivity index (χ3v) is 3.32. The van der Waals surface area contributed by atoms with Crippen molar-refractivity contribution in [2.45, 2.75) is 0 Å². The lowest BCUT2D eigenvalue weighted by Gasteiger charge is -1.84. The molecule has 10 heavy (non-hydrogen) atoms. The molecule has 0 saturated carbocycles. The molecule has 1 rings (SSSR count). The van der Waals surface area contributed by atoms with Gasteiger partial charge in [-0.3, -0.25) is 0 Å². The maximum Gasteiger partial charge on any atom is 0.347 e. The van der Waals surface area contributed by atoms with Gasteiger partial charge in [0.2, 0.25) is 0 Å². The van der Waals surface area contributed by atoms with E-state index in [1.54, 1.807) is 6.07 Å². The first-order valence-corrected chi connectivity index (χ1v) is 4.56. The minimum absolute atomic E-state index is 0.311. The molecule has 0 aliphatic rings. The standard InChI is InChI=1S/C5H2ClIO2S/c6-3-1-2(7)4(10-3)5(8)9/h1H,(H,8,9). The summed E-state index contributed by atoms with van der Waals surface area (Å²) in [4.78, 5) is 10.7. The first-order valence-electron chi connectivity index (χ1n) is 2.29. The number of aromatic carboxylic acids is 1. The van der Waals surface area contributed by atoms with Gasteiger partial charge in [-0.2, -0.15) is 0 Å². The summed E-state index contributed by atoms with van der Waals surface area (Å²) >= 11 is 8.58. The zero-order chi connectivity index (χ0) is 7.72. The van der Waals surface area contributed by atoms with Crippen molar-refractivity contribution in [2.75, 3.05) is 0 Å². The molecule has 1 aromatic heterocycles. The second-order valence-corrected chi connectivity index (χ2v) is 4.38. The van der Waals surface area contributed by atoms with E-state index in [0.717, 1.165) is 11.3 Å². The zero-order valence-electron chi connectivity index (χ0n) is 4.60. The average Bonchev–Trinajstić information content (AvgIpc) is 2.10. The van der Waals surface area contributed by atoms with Crippen LogP contribution < -0.4 is 0 Å². The number of thiophene rings is 1. The molecule has 1 N–H and O–H groups in total. The number of hydrogen-bond acceptors (Lipinski definition) is 2. The summed E-state index contributed by atoms with van der Waals surface area (Å²) in [6.45, 7) is 0. The molecular formula is C5H2ClIO2S. The van der Waals surface area contributed by atoms with Gasteiger partial charge in [0.1, 0.15) is 4.88 Å². The van der Waals surface area contributed by atoms with Gasteiger partial charge in [-0.05, 0) is 28.7 Å². The SMILES string of the molecule is O=C(O)c1sc(Cl)cc1I. The van der Waals surface area contributed by atoms with E-state index < -0.39 is 5.97 Å². The Bertz CT molecular complexity index is 271. The van der Waals surface area contributed by atoms with E-state index >= 15 is 0 Å². The van der Waals surface area contributed by atoms with Crippen LogP contribution in [-0.4, -0.2) is 11.1 Å². The van der Waals surface area contributed by atoms with Crippen LogP contribution in [0.2, 0.25) is 4.34 Å². The van der Waals surface area contributed by atoms with Crippen LogP contribution in [-0.2, 0) is 0 Å². The molecule has 2 nitrogen and oxygen atoms in total. The topological polar surface area (TPSA) is 37.3 Å². The highest BCUT2D eigenvalue weighted by atomic mass is 127. The molecule has 0 aliphatic heterocycles. The van der Waals surface area contributed by atoms with Crippen LogP contribution >= 0.6 is 45.5 Å². The molecule has 1 heterocycles. The lowest BCUT2D eigenvalue weighted by molar-refractivity contribution is 0.0701. The Labute approximate surface area is 80.0 Å². The van der Waals surface area contributed by atoms with Crippen molar-refractivity contribution in [2.24, 2.45) is 0 Å². The van der Waals surface area contributed by atoms with Gasteiger partial charge in [0, 0.05) is 3.57 Å². The van der Waals surface area contributed by atoms with Crippen molar-refractivity contribution >= 4 is 51.5 Å². The van der Waals surface area contributed by atoms with Crippen LogP contribution in [0.15, 0.2) is 6.07 Å². The van der Waals surface area contributed by atoms with Gasteiger partial charge in [-0.1, -0.05) is 11.6 Å². The monoisotopic (exact) mass is 288 g/mol. The molecule has 0 spiro atoms. The van der Waals surface area contributed by atoms with Gasteiger partial charge in [-0.25, -0.2) is 4.79 Å². The summed E-state index contributed by atoms with van der Waals surface area (Å²) in [5.74, 6) is -0.915. The molecule has 0 aliphatic carbocycles. The van der Waals surface area contributed by atoms with E-state index in [9.17, 15) is 4.79 Å². The molecule has 0 atom stereocenters. The first kappa shape index (κ1) is 8.29. The summed E-state index contributed by atoms with van der Waals surface area (Å²) in [6, 6.07) is 1.64. The zero-order valence-corrected chi connectivity index (χ0v) is 8.33. The van der Waals surface area contributed by atoms with Crippen LogP contribution in [0.5, 0.6) is 0 Å². The van der Waals surface area contributed by atoms with E-state index in [-0.39, 0.29) is 0 Å². The fraction of sp³-hybridized carbons (Fsp3) is 0. The molecule has 54 valence electrons. The van der Waals surface area contributed by atoms with Gasteiger partial charge >= 0.3 is 5.97 Å². The molecule has 0 fully saturated rings.